The molecule has 1 N–H and O–H groups in total. The number of hydrogen-bond acceptors (Lipinski definition) is 3. The predicted octanol–water partition coefficient (Wildman–Crippen LogP) is 4.30. The number of benzene rings is 1. The Morgan fingerprint density at radius 2 is 1.76 bits per heavy atom. The first-order chi connectivity index (χ1) is 9.99. The van der Waals surface area contributed by atoms with Crippen LogP contribution in [0.4, 0.5) is 5.95 Å². The van der Waals surface area contributed by atoms with Gasteiger partial charge in [-0.1, -0.05) is 0 Å². The van der Waals surface area contributed by atoms with Crippen molar-refractivity contribution in [2.45, 2.75) is 13.3 Å². The zero-order chi connectivity index (χ0) is 15.1. The first-order valence-electron chi connectivity index (χ1n) is 6.95. The third kappa shape index (κ3) is 2.90. The van der Waals surface area contributed by atoms with E-state index in [2.05, 4.69) is 76.5 Å². The fourth-order valence-corrected chi connectivity index (χ4v) is 4.36. The summed E-state index contributed by atoms with van der Waals surface area (Å²) in [6, 6.07) is 0. The molecule has 2 aromatic rings. The van der Waals surface area contributed by atoms with Crippen LogP contribution in [0.15, 0.2) is 13.4 Å². The van der Waals surface area contributed by atoms with Gasteiger partial charge in [-0.25, -0.2) is 4.98 Å². The van der Waals surface area contributed by atoms with E-state index in [1.807, 2.05) is 0 Å². The number of nitrogens with zero attached hydrogens (tertiary/aromatic N) is 3. The van der Waals surface area contributed by atoms with Gasteiger partial charge in [-0.15, -0.1) is 0 Å². The lowest BCUT2D eigenvalue weighted by molar-refractivity contribution is 0.360. The van der Waals surface area contributed by atoms with E-state index in [0.29, 0.717) is 0 Å². The van der Waals surface area contributed by atoms with E-state index in [0.717, 1.165) is 56.6 Å². The second kappa shape index (κ2) is 6.18. The number of nitrogens with one attached hydrogen (secondary N) is 1. The number of anilines is 1. The average Bonchev–Trinajstić information content (AvgIpc) is 2.80. The second-order valence-electron chi connectivity index (χ2n) is 5.49. The number of fused-ring (bicyclic) bond motifs is 1. The Hall–Kier alpha value is -0.110. The fraction of sp³-hybridized carbons (Fsp3) is 0.500. The predicted molar refractivity (Wildman–Crippen MR) is 98.3 cm³/mol. The minimum atomic E-state index is 0.958. The molecule has 1 aromatic carbocycles. The van der Waals surface area contributed by atoms with Gasteiger partial charge in [-0.3, -0.25) is 0 Å². The number of aromatic amines is 1. The second-order valence-corrected chi connectivity index (χ2v) is 7.87. The summed E-state index contributed by atoms with van der Waals surface area (Å²) < 4.78 is 3.13. The van der Waals surface area contributed by atoms with Crippen LogP contribution in [0.5, 0.6) is 0 Å². The molecule has 1 aliphatic rings. The van der Waals surface area contributed by atoms with Crippen LogP contribution in [-0.4, -0.2) is 48.1 Å². The van der Waals surface area contributed by atoms with Crippen molar-refractivity contribution in [3.05, 3.63) is 19.0 Å². The maximum Gasteiger partial charge on any atom is 0.203 e. The highest BCUT2D eigenvalue weighted by atomic mass is 79.9. The van der Waals surface area contributed by atoms with E-state index < -0.39 is 0 Å². The number of aromatic nitrogens is 2. The van der Waals surface area contributed by atoms with Gasteiger partial charge < -0.3 is 14.8 Å². The first-order valence-corrected chi connectivity index (χ1v) is 9.33. The Morgan fingerprint density at radius 1 is 1.00 bits per heavy atom. The van der Waals surface area contributed by atoms with Crippen LogP contribution in [0.1, 0.15) is 12.0 Å². The normalized spacial score (nSPS) is 17.5. The molecule has 0 spiro atoms. The van der Waals surface area contributed by atoms with E-state index >= 15 is 0 Å². The van der Waals surface area contributed by atoms with Crippen molar-refractivity contribution in [1.29, 1.82) is 0 Å². The Morgan fingerprint density at radius 3 is 2.52 bits per heavy atom. The number of halogens is 3. The molecular weight excluding hydrogens is 464 g/mol. The average molecular weight is 481 g/mol. The number of likely N-dealkylation sites (N-methyl/N-ethyl adjacent to an activating group) is 1. The quantitative estimate of drug-likeness (QED) is 0.618. The van der Waals surface area contributed by atoms with Gasteiger partial charge in [0.2, 0.25) is 5.95 Å². The summed E-state index contributed by atoms with van der Waals surface area (Å²) in [5.41, 5.74) is 3.18. The molecule has 1 saturated heterocycles. The molecule has 2 heterocycles. The standard InChI is InChI=1S/C14H17Br3N4/c1-8-9(15)11(17)13-12(10(8)16)18-14(19-13)21-5-3-4-20(2)6-7-21/h3-7H2,1-2H3,(H,18,19). The van der Waals surface area contributed by atoms with Crippen LogP contribution in [0.3, 0.4) is 0 Å². The molecule has 21 heavy (non-hydrogen) atoms. The highest BCUT2D eigenvalue weighted by Gasteiger charge is 2.20. The smallest absolute Gasteiger partial charge is 0.203 e. The van der Waals surface area contributed by atoms with Crippen LogP contribution < -0.4 is 4.90 Å². The van der Waals surface area contributed by atoms with Crippen LogP contribution in [0.25, 0.3) is 11.0 Å². The molecule has 0 radical (unpaired) electrons. The Bertz CT molecular complexity index is 638. The number of H-pyrrole nitrogens is 1. The van der Waals surface area contributed by atoms with Crippen LogP contribution >= 0.6 is 47.8 Å². The van der Waals surface area contributed by atoms with Gasteiger partial charge in [-0.05, 0) is 80.3 Å². The van der Waals surface area contributed by atoms with Crippen molar-refractivity contribution in [2.75, 3.05) is 38.1 Å². The van der Waals surface area contributed by atoms with Crippen molar-refractivity contribution < 1.29 is 0 Å². The number of hydrogen-bond donors (Lipinski definition) is 1. The summed E-state index contributed by atoms with van der Waals surface area (Å²) in [5.74, 6) is 0.958. The SMILES string of the molecule is Cc1c(Br)c(Br)c2nc(N3CCCN(C)CC3)[nH]c2c1Br. The summed E-state index contributed by atoms with van der Waals surface area (Å²) in [5, 5.41) is 0. The van der Waals surface area contributed by atoms with E-state index in [4.69, 9.17) is 4.98 Å². The highest BCUT2D eigenvalue weighted by Crippen LogP contribution is 2.39. The lowest BCUT2D eigenvalue weighted by atomic mass is 10.2. The molecule has 0 atom stereocenters. The molecule has 4 nitrogen and oxygen atoms in total. The van der Waals surface area contributed by atoms with Crippen molar-refractivity contribution in [1.82, 2.24) is 14.9 Å². The van der Waals surface area contributed by atoms with E-state index in [-0.39, 0.29) is 0 Å². The van der Waals surface area contributed by atoms with Gasteiger partial charge in [0.15, 0.2) is 0 Å². The summed E-state index contributed by atoms with van der Waals surface area (Å²) in [4.78, 5) is 13.0. The zero-order valence-corrected chi connectivity index (χ0v) is 16.8. The summed E-state index contributed by atoms with van der Waals surface area (Å²) in [7, 11) is 2.18. The third-order valence-corrected chi connectivity index (χ3v) is 7.28. The molecule has 7 heteroatoms. The fourth-order valence-electron chi connectivity index (χ4n) is 2.64. The van der Waals surface area contributed by atoms with Gasteiger partial charge >= 0.3 is 0 Å². The number of rotatable bonds is 1. The van der Waals surface area contributed by atoms with Crippen molar-refractivity contribution in [3.8, 4) is 0 Å². The molecule has 114 valence electrons. The molecule has 3 rings (SSSR count). The molecule has 0 bridgehead atoms. The molecule has 1 aromatic heterocycles. The van der Waals surface area contributed by atoms with Crippen LogP contribution in [0.2, 0.25) is 0 Å². The van der Waals surface area contributed by atoms with Crippen molar-refractivity contribution in [3.63, 3.8) is 0 Å². The molecule has 1 fully saturated rings. The summed E-state index contributed by atoms with van der Waals surface area (Å²) >= 11 is 11.0. The lowest BCUT2D eigenvalue weighted by Crippen LogP contribution is -2.29. The lowest BCUT2D eigenvalue weighted by Gasteiger charge is -2.19. The van der Waals surface area contributed by atoms with Gasteiger partial charge in [0.1, 0.15) is 5.52 Å². The van der Waals surface area contributed by atoms with Crippen LogP contribution in [-0.2, 0) is 0 Å². The minimum Gasteiger partial charge on any atom is -0.341 e. The topological polar surface area (TPSA) is 35.2 Å². The maximum atomic E-state index is 4.81. The summed E-state index contributed by atoms with van der Waals surface area (Å²) in [6.07, 6.45) is 1.17. The van der Waals surface area contributed by atoms with Gasteiger partial charge in [-0.2, -0.15) is 0 Å². The first kappa shape index (κ1) is 15.8. The van der Waals surface area contributed by atoms with Gasteiger partial charge in [0, 0.05) is 28.6 Å². The monoisotopic (exact) mass is 478 g/mol. The van der Waals surface area contributed by atoms with Crippen molar-refractivity contribution >= 4 is 64.8 Å². The maximum absolute atomic E-state index is 4.81. The van der Waals surface area contributed by atoms with Gasteiger partial charge in [0.25, 0.3) is 0 Å². The zero-order valence-electron chi connectivity index (χ0n) is 12.0. The Kier molecular flexibility index (Phi) is 4.64. The highest BCUT2D eigenvalue weighted by molar-refractivity contribution is 9.13. The molecule has 1 aliphatic heterocycles. The minimum absolute atomic E-state index is 0.958. The summed E-state index contributed by atoms with van der Waals surface area (Å²) in [6.45, 7) is 6.35. The molecule has 0 amide bonds. The van der Waals surface area contributed by atoms with E-state index in [9.17, 15) is 0 Å². The largest absolute Gasteiger partial charge is 0.341 e. The van der Waals surface area contributed by atoms with Crippen LogP contribution in [0, 0.1) is 6.92 Å². The van der Waals surface area contributed by atoms with Crippen molar-refractivity contribution in [2.24, 2.45) is 0 Å². The van der Waals surface area contributed by atoms with E-state index in [1.54, 1.807) is 0 Å². The molecule has 0 saturated carbocycles. The Balaban J connectivity index is 2.05. The van der Waals surface area contributed by atoms with Gasteiger partial charge in [0.05, 0.1) is 9.99 Å². The third-order valence-electron chi connectivity index (χ3n) is 3.99. The molecular formula is C14H17Br3N4. The molecule has 0 unspecified atom stereocenters. The number of imidazole rings is 1. The molecule has 0 aliphatic carbocycles. The Labute approximate surface area is 149 Å². The van der Waals surface area contributed by atoms with E-state index in [1.165, 1.54) is 12.0 Å².